The van der Waals surface area contributed by atoms with Crippen LogP contribution in [0.3, 0.4) is 0 Å². The van der Waals surface area contributed by atoms with Crippen LogP contribution < -0.4 is 5.32 Å². The first kappa shape index (κ1) is 12.4. The molecule has 0 saturated carbocycles. The van der Waals surface area contributed by atoms with Crippen LogP contribution in [0.5, 0.6) is 0 Å². The van der Waals surface area contributed by atoms with Crippen LogP contribution in [-0.4, -0.2) is 29.3 Å². The van der Waals surface area contributed by atoms with Crippen LogP contribution in [0.4, 0.5) is 5.95 Å². The topological polar surface area (TPSA) is 39.1 Å². The van der Waals surface area contributed by atoms with Gasteiger partial charge in [0.1, 0.15) is 0 Å². The van der Waals surface area contributed by atoms with Gasteiger partial charge in [0.2, 0.25) is 5.95 Å². The molecule has 0 aliphatic carbocycles. The lowest BCUT2D eigenvalue weighted by molar-refractivity contribution is 0.0594. The molecule has 0 amide bonds. The van der Waals surface area contributed by atoms with Gasteiger partial charge in [-0.1, -0.05) is 13.8 Å². The Kier molecular flexibility index (Phi) is 4.42. The fraction of sp³-hybridized carbons (Fsp3) is 0.769. The van der Waals surface area contributed by atoms with Crippen molar-refractivity contribution in [2.24, 2.45) is 11.8 Å². The highest BCUT2D eigenvalue weighted by Crippen LogP contribution is 2.15. The summed E-state index contributed by atoms with van der Waals surface area (Å²) in [6, 6.07) is 0. The predicted molar refractivity (Wildman–Crippen MR) is 69.1 cm³/mol. The molecule has 1 atom stereocenters. The highest BCUT2D eigenvalue weighted by molar-refractivity contribution is 5.25. The van der Waals surface area contributed by atoms with Crippen LogP contribution >= 0.6 is 0 Å². The maximum Gasteiger partial charge on any atom is 0.202 e. The first-order valence-corrected chi connectivity index (χ1v) is 6.58. The van der Waals surface area contributed by atoms with Crippen LogP contribution in [-0.2, 0) is 11.3 Å². The number of nitrogens with zero attached hydrogens (tertiary/aromatic N) is 2. The Balaban J connectivity index is 1.83. The van der Waals surface area contributed by atoms with Crippen molar-refractivity contribution >= 4 is 5.95 Å². The van der Waals surface area contributed by atoms with Crippen molar-refractivity contribution in [2.75, 3.05) is 25.1 Å². The molecule has 1 N–H and O–H groups in total. The Hall–Kier alpha value is -1.03. The maximum atomic E-state index is 5.48. The second-order valence-electron chi connectivity index (χ2n) is 5.26. The molecule has 2 rings (SSSR count). The Labute approximate surface area is 103 Å². The summed E-state index contributed by atoms with van der Waals surface area (Å²) in [4.78, 5) is 4.36. The van der Waals surface area contributed by atoms with E-state index in [1.807, 2.05) is 12.4 Å². The number of anilines is 1. The summed E-state index contributed by atoms with van der Waals surface area (Å²) < 4.78 is 7.67. The van der Waals surface area contributed by atoms with E-state index in [1.165, 1.54) is 12.8 Å². The van der Waals surface area contributed by atoms with Crippen molar-refractivity contribution in [3.63, 3.8) is 0 Å². The van der Waals surface area contributed by atoms with E-state index in [-0.39, 0.29) is 0 Å². The van der Waals surface area contributed by atoms with Crippen molar-refractivity contribution in [3.8, 4) is 0 Å². The van der Waals surface area contributed by atoms with E-state index in [0.29, 0.717) is 11.8 Å². The summed E-state index contributed by atoms with van der Waals surface area (Å²) in [7, 11) is 0. The maximum absolute atomic E-state index is 5.48. The van der Waals surface area contributed by atoms with Gasteiger partial charge in [-0.05, 0) is 24.7 Å². The number of hydrogen-bond donors (Lipinski definition) is 1. The van der Waals surface area contributed by atoms with Crippen LogP contribution in [0.15, 0.2) is 12.4 Å². The molecule has 2 heterocycles. The van der Waals surface area contributed by atoms with Gasteiger partial charge in [-0.25, -0.2) is 4.98 Å². The first-order chi connectivity index (χ1) is 8.25. The van der Waals surface area contributed by atoms with Crippen molar-refractivity contribution < 1.29 is 4.74 Å². The molecule has 0 radical (unpaired) electrons. The number of imidazole rings is 1. The third-order valence-corrected chi connectivity index (χ3v) is 3.08. The minimum Gasteiger partial charge on any atom is -0.381 e. The normalized spacial score (nSPS) is 20.8. The van der Waals surface area contributed by atoms with Gasteiger partial charge >= 0.3 is 0 Å². The molecule has 1 fully saturated rings. The van der Waals surface area contributed by atoms with Gasteiger partial charge in [-0.2, -0.15) is 0 Å². The van der Waals surface area contributed by atoms with E-state index >= 15 is 0 Å². The van der Waals surface area contributed by atoms with Crippen LogP contribution in [0, 0.1) is 11.8 Å². The molecule has 1 saturated heterocycles. The molecule has 4 nitrogen and oxygen atoms in total. The van der Waals surface area contributed by atoms with Gasteiger partial charge in [0.15, 0.2) is 0 Å². The van der Waals surface area contributed by atoms with Crippen LogP contribution in [0.25, 0.3) is 0 Å². The molecule has 1 unspecified atom stereocenters. The summed E-state index contributed by atoms with van der Waals surface area (Å²) >= 11 is 0. The van der Waals surface area contributed by atoms with Crippen molar-refractivity contribution in [1.82, 2.24) is 9.55 Å². The number of hydrogen-bond acceptors (Lipinski definition) is 3. The average molecular weight is 237 g/mol. The molecule has 1 aliphatic rings. The van der Waals surface area contributed by atoms with Gasteiger partial charge < -0.3 is 14.6 Å². The molecule has 1 aliphatic heterocycles. The van der Waals surface area contributed by atoms with E-state index in [0.717, 1.165) is 32.3 Å². The molecular weight excluding hydrogens is 214 g/mol. The van der Waals surface area contributed by atoms with Crippen molar-refractivity contribution in [2.45, 2.75) is 33.2 Å². The lowest BCUT2D eigenvalue weighted by Crippen LogP contribution is -2.25. The SMILES string of the molecule is CC(C)Cn1ccnc1NCC1CCCOC1. The summed E-state index contributed by atoms with van der Waals surface area (Å²) in [5.41, 5.74) is 0. The van der Waals surface area contributed by atoms with E-state index in [9.17, 15) is 0 Å². The molecule has 0 bridgehead atoms. The lowest BCUT2D eigenvalue weighted by Gasteiger charge is -2.22. The van der Waals surface area contributed by atoms with Gasteiger partial charge in [0.25, 0.3) is 0 Å². The van der Waals surface area contributed by atoms with Crippen molar-refractivity contribution in [3.05, 3.63) is 12.4 Å². The summed E-state index contributed by atoms with van der Waals surface area (Å²) in [5, 5.41) is 3.44. The summed E-state index contributed by atoms with van der Waals surface area (Å²) in [5.74, 6) is 2.26. The second kappa shape index (κ2) is 6.05. The van der Waals surface area contributed by atoms with Crippen LogP contribution in [0.2, 0.25) is 0 Å². The molecule has 1 aromatic rings. The van der Waals surface area contributed by atoms with Gasteiger partial charge in [0, 0.05) is 32.1 Å². The minimum atomic E-state index is 0.632. The monoisotopic (exact) mass is 237 g/mol. The van der Waals surface area contributed by atoms with E-state index in [2.05, 4.69) is 28.7 Å². The minimum absolute atomic E-state index is 0.632. The fourth-order valence-corrected chi connectivity index (χ4v) is 2.22. The van der Waals surface area contributed by atoms with E-state index < -0.39 is 0 Å². The fourth-order valence-electron chi connectivity index (χ4n) is 2.22. The zero-order valence-electron chi connectivity index (χ0n) is 10.9. The van der Waals surface area contributed by atoms with Gasteiger partial charge in [-0.3, -0.25) is 0 Å². The Morgan fingerprint density at radius 3 is 3.18 bits per heavy atom. The van der Waals surface area contributed by atoms with Crippen molar-refractivity contribution in [1.29, 1.82) is 0 Å². The zero-order valence-corrected chi connectivity index (χ0v) is 10.9. The Morgan fingerprint density at radius 1 is 1.59 bits per heavy atom. The highest BCUT2D eigenvalue weighted by atomic mass is 16.5. The smallest absolute Gasteiger partial charge is 0.202 e. The molecule has 96 valence electrons. The Bertz CT molecular complexity index is 329. The third kappa shape index (κ3) is 3.73. The molecule has 4 heteroatoms. The second-order valence-corrected chi connectivity index (χ2v) is 5.26. The summed E-state index contributed by atoms with van der Waals surface area (Å²) in [6.07, 6.45) is 6.35. The molecule has 0 aromatic carbocycles. The molecule has 0 spiro atoms. The summed E-state index contributed by atoms with van der Waals surface area (Å²) in [6.45, 7) is 8.24. The lowest BCUT2D eigenvalue weighted by atomic mass is 10.0. The molecule has 1 aromatic heterocycles. The van der Waals surface area contributed by atoms with Gasteiger partial charge in [-0.15, -0.1) is 0 Å². The largest absolute Gasteiger partial charge is 0.381 e. The number of aromatic nitrogens is 2. The number of ether oxygens (including phenoxy) is 1. The average Bonchev–Trinajstić information content (AvgIpc) is 2.74. The van der Waals surface area contributed by atoms with Crippen LogP contribution in [0.1, 0.15) is 26.7 Å². The van der Waals surface area contributed by atoms with E-state index in [1.54, 1.807) is 0 Å². The standard InChI is InChI=1S/C13H23N3O/c1-11(2)9-16-6-5-14-13(16)15-8-12-4-3-7-17-10-12/h5-6,11-12H,3-4,7-10H2,1-2H3,(H,14,15). The molecule has 17 heavy (non-hydrogen) atoms. The number of nitrogens with one attached hydrogen (secondary N) is 1. The first-order valence-electron chi connectivity index (χ1n) is 6.58. The Morgan fingerprint density at radius 2 is 2.47 bits per heavy atom. The highest BCUT2D eigenvalue weighted by Gasteiger charge is 2.14. The molecular formula is C13H23N3O. The zero-order chi connectivity index (χ0) is 12.1. The predicted octanol–water partition coefficient (Wildman–Crippen LogP) is 2.38. The van der Waals surface area contributed by atoms with E-state index in [4.69, 9.17) is 4.74 Å². The number of rotatable bonds is 5. The third-order valence-electron chi connectivity index (χ3n) is 3.08. The van der Waals surface area contributed by atoms with Gasteiger partial charge in [0.05, 0.1) is 6.61 Å². The quantitative estimate of drug-likeness (QED) is 0.854.